The van der Waals surface area contributed by atoms with Crippen LogP contribution >= 0.6 is 0 Å². The number of halogens is 2. The van der Waals surface area contributed by atoms with Gasteiger partial charge >= 0.3 is 0 Å². The van der Waals surface area contributed by atoms with Gasteiger partial charge in [0.2, 0.25) is 5.91 Å². The van der Waals surface area contributed by atoms with Crippen molar-refractivity contribution >= 4 is 5.91 Å². The molecular formula is C22H23F2N5O2. The molecule has 2 fully saturated rings. The molecule has 0 unspecified atom stereocenters. The number of aryl methyl sites for hydroxylation is 1. The molecular weight excluding hydrogens is 404 g/mol. The number of alkyl halides is 2. The first-order chi connectivity index (χ1) is 15.0. The van der Waals surface area contributed by atoms with Gasteiger partial charge in [0.05, 0.1) is 5.41 Å². The number of hydrogen-bond acceptors (Lipinski definition) is 5. The van der Waals surface area contributed by atoms with Crippen LogP contribution in [0.25, 0.3) is 11.6 Å². The summed E-state index contributed by atoms with van der Waals surface area (Å²) in [6.45, 7) is 3.13. The maximum Gasteiger partial charge on any atom is 0.280 e. The topological polar surface area (TPSA) is 77.0 Å². The van der Waals surface area contributed by atoms with E-state index in [4.69, 9.17) is 4.52 Å². The van der Waals surface area contributed by atoms with Gasteiger partial charge in [-0.25, -0.2) is 8.78 Å². The van der Waals surface area contributed by atoms with Gasteiger partial charge in [0.1, 0.15) is 12.2 Å². The minimum absolute atomic E-state index is 0.0872. The lowest BCUT2D eigenvalue weighted by atomic mass is 9.91. The Bertz CT molecular complexity index is 1110. The highest BCUT2D eigenvalue weighted by molar-refractivity contribution is 5.76. The SMILES string of the molecule is Cc1ccccc1C1(c2noc(-c3cc(C(F)F)n(CC(=O)N4CCCC4)n3)n2)CC1. The van der Waals surface area contributed by atoms with E-state index >= 15 is 0 Å². The van der Waals surface area contributed by atoms with Crippen LogP contribution in [-0.2, 0) is 16.8 Å². The highest BCUT2D eigenvalue weighted by atomic mass is 19.3. The third kappa shape index (κ3) is 3.51. The molecule has 1 aliphatic heterocycles. The van der Waals surface area contributed by atoms with Gasteiger partial charge in [-0.05, 0) is 49.8 Å². The van der Waals surface area contributed by atoms with Gasteiger partial charge in [-0.2, -0.15) is 10.1 Å². The molecule has 1 aliphatic carbocycles. The fourth-order valence-corrected chi connectivity index (χ4v) is 4.40. The van der Waals surface area contributed by atoms with Gasteiger partial charge in [0.25, 0.3) is 12.3 Å². The molecule has 0 N–H and O–H groups in total. The number of likely N-dealkylation sites (tertiary alicyclic amines) is 1. The van der Waals surface area contributed by atoms with Crippen LogP contribution in [-0.4, -0.2) is 43.8 Å². The van der Waals surface area contributed by atoms with E-state index in [1.54, 1.807) is 4.90 Å². The van der Waals surface area contributed by atoms with Crippen LogP contribution in [0.1, 0.15) is 54.8 Å². The molecule has 9 heteroatoms. The summed E-state index contributed by atoms with van der Waals surface area (Å²) in [5.74, 6) is 0.416. The number of nitrogens with zero attached hydrogens (tertiary/aromatic N) is 5. The predicted octanol–water partition coefficient (Wildman–Crippen LogP) is 3.88. The van der Waals surface area contributed by atoms with E-state index in [0.717, 1.165) is 41.5 Å². The predicted molar refractivity (Wildman–Crippen MR) is 107 cm³/mol. The first-order valence-corrected chi connectivity index (χ1v) is 10.5. The van der Waals surface area contributed by atoms with Crippen molar-refractivity contribution in [2.75, 3.05) is 13.1 Å². The second-order valence-electron chi connectivity index (χ2n) is 8.32. The summed E-state index contributed by atoms with van der Waals surface area (Å²) in [6, 6.07) is 9.30. The normalized spacial score (nSPS) is 17.5. The number of aromatic nitrogens is 4. The van der Waals surface area contributed by atoms with Gasteiger partial charge in [0, 0.05) is 13.1 Å². The van der Waals surface area contributed by atoms with Crippen LogP contribution in [0.5, 0.6) is 0 Å². The molecule has 0 atom stereocenters. The van der Waals surface area contributed by atoms with Gasteiger partial charge < -0.3 is 9.42 Å². The first kappa shape index (κ1) is 19.8. The van der Waals surface area contributed by atoms with Crippen LogP contribution in [0, 0.1) is 6.92 Å². The fourth-order valence-electron chi connectivity index (χ4n) is 4.40. The molecule has 5 rings (SSSR count). The van der Waals surface area contributed by atoms with Crippen LogP contribution in [0.3, 0.4) is 0 Å². The van der Waals surface area contributed by atoms with Crippen molar-refractivity contribution in [1.82, 2.24) is 24.8 Å². The quantitative estimate of drug-likeness (QED) is 0.597. The largest absolute Gasteiger partial charge is 0.341 e. The van der Waals surface area contributed by atoms with Crippen LogP contribution < -0.4 is 0 Å². The average molecular weight is 427 g/mol. The van der Waals surface area contributed by atoms with Gasteiger partial charge in [-0.1, -0.05) is 29.4 Å². The molecule has 1 saturated carbocycles. The van der Waals surface area contributed by atoms with Crippen LogP contribution in [0.2, 0.25) is 0 Å². The summed E-state index contributed by atoms with van der Waals surface area (Å²) in [6.07, 6.45) is 0.906. The molecule has 1 saturated heterocycles. The van der Waals surface area contributed by atoms with Crippen LogP contribution in [0.15, 0.2) is 34.9 Å². The maximum atomic E-state index is 13.6. The van der Waals surface area contributed by atoms with E-state index in [1.807, 2.05) is 25.1 Å². The van der Waals surface area contributed by atoms with Gasteiger partial charge in [0.15, 0.2) is 11.5 Å². The Hall–Kier alpha value is -3.10. The fraction of sp³-hybridized carbons (Fsp3) is 0.455. The molecule has 3 heterocycles. The lowest BCUT2D eigenvalue weighted by Crippen LogP contribution is -2.31. The lowest BCUT2D eigenvalue weighted by Gasteiger charge is -2.15. The highest BCUT2D eigenvalue weighted by Crippen LogP contribution is 2.53. The number of rotatable bonds is 6. The summed E-state index contributed by atoms with van der Waals surface area (Å²) in [4.78, 5) is 18.6. The molecule has 31 heavy (non-hydrogen) atoms. The molecule has 7 nitrogen and oxygen atoms in total. The van der Waals surface area contributed by atoms with E-state index in [-0.39, 0.29) is 35.1 Å². The Kier molecular flexibility index (Phi) is 4.83. The Morgan fingerprint density at radius 1 is 1.23 bits per heavy atom. The molecule has 0 spiro atoms. The Balaban J connectivity index is 1.43. The molecule has 3 aromatic rings. The summed E-state index contributed by atoms with van der Waals surface area (Å²) in [5.41, 5.74) is 1.83. The number of benzene rings is 1. The zero-order valence-electron chi connectivity index (χ0n) is 17.2. The number of carbonyl (C=O) groups excluding carboxylic acids is 1. The Labute approximate surface area is 178 Å². The lowest BCUT2D eigenvalue weighted by molar-refractivity contribution is -0.131. The molecule has 0 radical (unpaired) electrons. The van der Waals surface area contributed by atoms with Crippen molar-refractivity contribution in [3.63, 3.8) is 0 Å². The first-order valence-electron chi connectivity index (χ1n) is 10.5. The maximum absolute atomic E-state index is 13.6. The molecule has 1 aromatic carbocycles. The standard InChI is InChI=1S/C22H23F2N5O2/c1-14-6-2-3-7-15(14)22(8-9-22)21-25-20(31-27-21)16-12-17(19(23)24)29(26-16)13-18(30)28-10-4-5-11-28/h2-3,6-7,12,19H,4-5,8-11,13H2,1H3. The van der Waals surface area contributed by atoms with E-state index in [1.165, 1.54) is 6.07 Å². The molecule has 0 bridgehead atoms. The number of carbonyl (C=O) groups is 1. The zero-order chi connectivity index (χ0) is 21.6. The van der Waals surface area contributed by atoms with Gasteiger partial charge in [-0.15, -0.1) is 0 Å². The molecule has 1 amide bonds. The highest BCUT2D eigenvalue weighted by Gasteiger charge is 2.50. The Morgan fingerprint density at radius 3 is 2.65 bits per heavy atom. The Morgan fingerprint density at radius 2 is 1.97 bits per heavy atom. The van der Waals surface area contributed by atoms with E-state index in [9.17, 15) is 13.6 Å². The monoisotopic (exact) mass is 427 g/mol. The summed E-state index contributed by atoms with van der Waals surface area (Å²) in [7, 11) is 0. The van der Waals surface area contributed by atoms with Crippen molar-refractivity contribution in [3.05, 3.63) is 53.0 Å². The average Bonchev–Trinajstić information content (AvgIpc) is 3.16. The number of amides is 1. The molecule has 162 valence electrons. The smallest absolute Gasteiger partial charge is 0.280 e. The molecule has 2 aromatic heterocycles. The van der Waals surface area contributed by atoms with Crippen molar-refractivity contribution in [2.24, 2.45) is 0 Å². The summed E-state index contributed by atoms with van der Waals surface area (Å²) >= 11 is 0. The minimum Gasteiger partial charge on any atom is -0.341 e. The van der Waals surface area contributed by atoms with Crippen molar-refractivity contribution in [3.8, 4) is 11.6 Å². The summed E-state index contributed by atoms with van der Waals surface area (Å²) < 4.78 is 33.7. The second-order valence-corrected chi connectivity index (χ2v) is 8.32. The second kappa shape index (κ2) is 7.55. The van der Waals surface area contributed by atoms with Crippen molar-refractivity contribution in [2.45, 2.75) is 51.0 Å². The molecule has 2 aliphatic rings. The van der Waals surface area contributed by atoms with E-state index in [0.29, 0.717) is 18.9 Å². The van der Waals surface area contributed by atoms with Crippen molar-refractivity contribution in [1.29, 1.82) is 0 Å². The third-order valence-electron chi connectivity index (χ3n) is 6.26. The minimum atomic E-state index is -2.77. The van der Waals surface area contributed by atoms with E-state index < -0.39 is 6.43 Å². The van der Waals surface area contributed by atoms with Gasteiger partial charge in [-0.3, -0.25) is 9.48 Å². The zero-order valence-corrected chi connectivity index (χ0v) is 17.2. The van der Waals surface area contributed by atoms with Crippen LogP contribution in [0.4, 0.5) is 8.78 Å². The third-order valence-corrected chi connectivity index (χ3v) is 6.26. The van der Waals surface area contributed by atoms with E-state index in [2.05, 4.69) is 21.3 Å². The number of hydrogen-bond donors (Lipinski definition) is 0. The summed E-state index contributed by atoms with van der Waals surface area (Å²) in [5, 5.41) is 8.37. The van der Waals surface area contributed by atoms with Crippen molar-refractivity contribution < 1.29 is 18.1 Å².